The van der Waals surface area contributed by atoms with Crippen LogP contribution in [0.5, 0.6) is 0 Å². The first-order chi connectivity index (χ1) is 15.9. The molecule has 0 amide bonds. The van der Waals surface area contributed by atoms with Gasteiger partial charge in [-0.2, -0.15) is 4.98 Å². The first-order valence-electron chi connectivity index (χ1n) is 10.5. The van der Waals surface area contributed by atoms with E-state index in [4.69, 9.17) is 19.7 Å². The smallest absolute Gasteiger partial charge is 0.327 e. The quantitative estimate of drug-likeness (QED) is 0.209. The number of aromatic nitrogens is 4. The van der Waals surface area contributed by atoms with E-state index in [-0.39, 0.29) is 30.3 Å². The second-order valence-electron chi connectivity index (χ2n) is 7.79. The number of anilines is 1. The standard InChI is InChI=1S/C18H29N6O8PS/c1-5-30-15(27)9(3)23-33(29,34-6-2)31-7-10-12(25)18(4,28)16(32-10)24-8-20-11-13(24)21-17(19)22-14(11)26/h8-10,12,16,25,28H,5-7H2,1-4H3,(H,23,29)(H3,19,21,22,26)/t9-,10+,12+,16+,18+,33-/m0/s1. The van der Waals surface area contributed by atoms with Crippen LogP contribution in [-0.4, -0.2) is 78.5 Å². The summed E-state index contributed by atoms with van der Waals surface area (Å²) >= 11 is 0.968. The van der Waals surface area contributed by atoms with Gasteiger partial charge in [-0.05, 0) is 20.8 Å². The fraction of sp³-hybridized carbons (Fsp3) is 0.667. The van der Waals surface area contributed by atoms with Crippen LogP contribution < -0.4 is 16.4 Å². The van der Waals surface area contributed by atoms with Gasteiger partial charge in [-0.3, -0.25) is 23.7 Å². The summed E-state index contributed by atoms with van der Waals surface area (Å²) < 4.78 is 30.9. The van der Waals surface area contributed by atoms with Crippen LogP contribution in [-0.2, 0) is 23.4 Å². The minimum Gasteiger partial charge on any atom is -0.465 e. The Kier molecular flexibility index (Phi) is 8.07. The average molecular weight is 521 g/mol. The Morgan fingerprint density at radius 1 is 1.53 bits per heavy atom. The largest absolute Gasteiger partial charge is 0.465 e. The number of nitrogen functional groups attached to an aromatic ring is 1. The maximum absolute atomic E-state index is 13.3. The molecule has 0 radical (unpaired) electrons. The molecule has 14 nitrogen and oxygen atoms in total. The molecule has 0 unspecified atom stereocenters. The summed E-state index contributed by atoms with van der Waals surface area (Å²) in [7, 11) is 0. The number of aromatic amines is 1. The minimum absolute atomic E-state index is 0.0243. The van der Waals surface area contributed by atoms with E-state index in [0.717, 1.165) is 11.4 Å². The predicted molar refractivity (Wildman–Crippen MR) is 124 cm³/mol. The maximum atomic E-state index is 13.3. The number of aliphatic hydroxyl groups is 2. The van der Waals surface area contributed by atoms with Gasteiger partial charge >= 0.3 is 12.7 Å². The highest BCUT2D eigenvalue weighted by Crippen LogP contribution is 2.56. The summed E-state index contributed by atoms with van der Waals surface area (Å²) in [6.07, 6.45) is -2.54. The zero-order valence-electron chi connectivity index (χ0n) is 19.1. The molecule has 1 aliphatic heterocycles. The van der Waals surface area contributed by atoms with Crippen molar-refractivity contribution in [2.24, 2.45) is 0 Å². The summed E-state index contributed by atoms with van der Waals surface area (Å²) in [5.41, 5.74) is 3.23. The van der Waals surface area contributed by atoms with Crippen molar-refractivity contribution < 1.29 is 33.6 Å². The van der Waals surface area contributed by atoms with Crippen LogP contribution in [0.1, 0.15) is 33.9 Å². The molecule has 0 saturated carbocycles. The minimum atomic E-state index is -3.61. The monoisotopic (exact) mass is 520 g/mol. The number of H-pyrrole nitrogens is 1. The summed E-state index contributed by atoms with van der Waals surface area (Å²) in [5, 5.41) is 24.4. The number of carbonyl (C=O) groups excluding carboxylic acids is 1. The fourth-order valence-corrected chi connectivity index (χ4v) is 7.11. The van der Waals surface area contributed by atoms with E-state index in [1.165, 1.54) is 24.7 Å². The van der Waals surface area contributed by atoms with Gasteiger partial charge in [-0.25, -0.2) is 10.1 Å². The van der Waals surface area contributed by atoms with Gasteiger partial charge in [0.05, 0.1) is 19.5 Å². The number of ether oxygens (including phenoxy) is 2. The Bertz CT molecular complexity index is 1140. The maximum Gasteiger partial charge on any atom is 0.327 e. The summed E-state index contributed by atoms with van der Waals surface area (Å²) in [6.45, 7) is 2.46. The van der Waals surface area contributed by atoms with Gasteiger partial charge in [0.1, 0.15) is 23.9 Å². The van der Waals surface area contributed by atoms with E-state index in [0.29, 0.717) is 5.75 Å². The van der Waals surface area contributed by atoms with Crippen LogP contribution >= 0.6 is 18.1 Å². The molecule has 2 aromatic heterocycles. The lowest BCUT2D eigenvalue weighted by molar-refractivity contribution is -0.144. The van der Waals surface area contributed by atoms with Crippen molar-refractivity contribution in [1.82, 2.24) is 24.6 Å². The first kappa shape index (κ1) is 26.6. The Balaban J connectivity index is 1.79. The number of nitrogens with zero attached hydrogens (tertiary/aromatic N) is 3. The van der Waals surface area contributed by atoms with Crippen LogP contribution in [0.25, 0.3) is 11.2 Å². The Labute approximate surface area is 198 Å². The van der Waals surface area contributed by atoms with Crippen LogP contribution in [0, 0.1) is 0 Å². The molecular formula is C18H29N6O8PS. The van der Waals surface area contributed by atoms with E-state index >= 15 is 0 Å². The van der Waals surface area contributed by atoms with Crippen molar-refractivity contribution in [1.29, 1.82) is 0 Å². The number of esters is 1. The van der Waals surface area contributed by atoms with Crippen LogP contribution in [0.3, 0.4) is 0 Å². The van der Waals surface area contributed by atoms with Gasteiger partial charge in [-0.1, -0.05) is 18.3 Å². The molecule has 0 aromatic carbocycles. The second kappa shape index (κ2) is 10.3. The molecule has 0 bridgehead atoms. The summed E-state index contributed by atoms with van der Waals surface area (Å²) in [4.78, 5) is 34.4. The molecule has 1 fully saturated rings. The van der Waals surface area contributed by atoms with Gasteiger partial charge in [0.15, 0.2) is 17.4 Å². The van der Waals surface area contributed by atoms with Crippen molar-refractivity contribution in [2.45, 2.75) is 57.8 Å². The van der Waals surface area contributed by atoms with E-state index in [9.17, 15) is 24.4 Å². The van der Waals surface area contributed by atoms with E-state index in [2.05, 4.69) is 20.0 Å². The van der Waals surface area contributed by atoms with Crippen molar-refractivity contribution in [3.05, 3.63) is 16.7 Å². The SMILES string of the molecule is CCOC(=O)[C@H](C)N[P@](=O)(OC[C@H]1O[C@@H](n2cnc3c(=O)[nH]c(N)nc32)[C@](C)(O)[C@@H]1O)SCC. The number of fused-ring (bicyclic) bond motifs is 1. The van der Waals surface area contributed by atoms with Crippen molar-refractivity contribution >= 4 is 41.2 Å². The molecule has 0 spiro atoms. The molecule has 6 N–H and O–H groups in total. The molecule has 3 rings (SSSR count). The predicted octanol–water partition coefficient (Wildman–Crippen LogP) is 0.130. The average Bonchev–Trinajstić information content (AvgIpc) is 3.26. The Morgan fingerprint density at radius 2 is 2.24 bits per heavy atom. The third kappa shape index (κ3) is 5.30. The zero-order valence-corrected chi connectivity index (χ0v) is 20.8. The zero-order chi connectivity index (χ0) is 25.3. The number of aliphatic hydroxyl groups excluding tert-OH is 1. The molecular weight excluding hydrogens is 491 g/mol. The molecule has 6 atom stereocenters. The molecule has 0 aliphatic carbocycles. The normalized spacial score (nSPS) is 27.5. The van der Waals surface area contributed by atoms with Gasteiger partial charge in [0, 0.05) is 5.75 Å². The van der Waals surface area contributed by atoms with Crippen LogP contribution in [0.15, 0.2) is 11.1 Å². The lowest BCUT2D eigenvalue weighted by Gasteiger charge is -2.27. The van der Waals surface area contributed by atoms with Crippen molar-refractivity contribution in [3.63, 3.8) is 0 Å². The highest BCUT2D eigenvalue weighted by molar-refractivity contribution is 8.56. The Hall–Kier alpha value is -2.00. The number of hydrogen-bond donors (Lipinski definition) is 5. The summed E-state index contributed by atoms with van der Waals surface area (Å²) in [5.74, 6) is -0.328. The van der Waals surface area contributed by atoms with E-state index in [1.54, 1.807) is 13.8 Å². The van der Waals surface area contributed by atoms with Gasteiger partial charge in [-0.15, -0.1) is 0 Å². The topological polar surface area (TPSA) is 204 Å². The molecule has 1 aliphatic rings. The number of carbonyl (C=O) groups is 1. The molecule has 190 valence electrons. The second-order valence-corrected chi connectivity index (χ2v) is 12.4. The lowest BCUT2D eigenvalue weighted by Crippen LogP contribution is -2.44. The highest BCUT2D eigenvalue weighted by Gasteiger charge is 2.54. The summed E-state index contributed by atoms with van der Waals surface area (Å²) in [6, 6.07) is -0.901. The van der Waals surface area contributed by atoms with Gasteiger partial charge in [0.2, 0.25) is 5.95 Å². The molecule has 1 saturated heterocycles. The number of nitrogens with two attached hydrogens (primary N) is 1. The molecule has 34 heavy (non-hydrogen) atoms. The van der Waals surface area contributed by atoms with Crippen LogP contribution in [0.4, 0.5) is 5.95 Å². The Morgan fingerprint density at radius 3 is 2.88 bits per heavy atom. The lowest BCUT2D eigenvalue weighted by atomic mass is 9.96. The number of rotatable bonds is 10. The van der Waals surface area contributed by atoms with Gasteiger partial charge < -0.3 is 29.9 Å². The third-order valence-electron chi connectivity index (χ3n) is 5.16. The van der Waals surface area contributed by atoms with Crippen LogP contribution in [0.2, 0.25) is 0 Å². The first-order valence-corrected chi connectivity index (χ1v) is 13.8. The van der Waals surface area contributed by atoms with E-state index < -0.39 is 48.3 Å². The van der Waals surface area contributed by atoms with E-state index in [1.807, 2.05) is 0 Å². The number of hydrogen-bond acceptors (Lipinski definition) is 12. The molecule has 3 heterocycles. The highest BCUT2D eigenvalue weighted by atomic mass is 32.7. The number of nitrogens with one attached hydrogen (secondary N) is 2. The molecule has 16 heteroatoms. The van der Waals surface area contributed by atoms with Crippen molar-refractivity contribution in [2.75, 3.05) is 24.7 Å². The molecule has 2 aromatic rings. The fourth-order valence-electron chi connectivity index (χ4n) is 3.50. The van der Waals surface area contributed by atoms with Crippen molar-refractivity contribution in [3.8, 4) is 0 Å². The number of imidazole rings is 1. The van der Waals surface area contributed by atoms with Gasteiger partial charge in [0.25, 0.3) is 5.56 Å². The third-order valence-corrected chi connectivity index (χ3v) is 9.38.